The summed E-state index contributed by atoms with van der Waals surface area (Å²) >= 11 is 0. The van der Waals surface area contributed by atoms with Crippen LogP contribution in [0.15, 0.2) is 0 Å². The summed E-state index contributed by atoms with van der Waals surface area (Å²) in [5.74, 6) is 1.61. The SMILES string of the molecule is CC.CC(C)C1CCN(C(C)C)C(=O)C1. The Bertz CT molecular complexity index is 187. The van der Waals surface area contributed by atoms with Gasteiger partial charge in [0.25, 0.3) is 0 Å². The van der Waals surface area contributed by atoms with E-state index in [1.807, 2.05) is 18.7 Å². The Morgan fingerprint density at radius 2 is 1.73 bits per heavy atom. The van der Waals surface area contributed by atoms with Crippen LogP contribution < -0.4 is 0 Å². The molecule has 90 valence electrons. The van der Waals surface area contributed by atoms with E-state index < -0.39 is 0 Å². The van der Waals surface area contributed by atoms with Crippen LogP contribution in [0.5, 0.6) is 0 Å². The molecule has 0 N–H and O–H groups in total. The van der Waals surface area contributed by atoms with Crippen molar-refractivity contribution < 1.29 is 4.79 Å². The predicted octanol–water partition coefficient (Wildman–Crippen LogP) is 3.32. The van der Waals surface area contributed by atoms with Crippen LogP contribution in [0.1, 0.15) is 54.4 Å². The molecule has 2 nitrogen and oxygen atoms in total. The van der Waals surface area contributed by atoms with Crippen molar-refractivity contribution in [3.8, 4) is 0 Å². The van der Waals surface area contributed by atoms with Gasteiger partial charge in [0.05, 0.1) is 0 Å². The number of piperidine rings is 1. The van der Waals surface area contributed by atoms with Gasteiger partial charge in [0.2, 0.25) is 5.91 Å². The third-order valence-electron chi connectivity index (χ3n) is 3.06. The standard InChI is InChI=1S/C11H21NO.C2H6/c1-8(2)10-5-6-12(9(3)4)11(13)7-10;1-2/h8-10H,5-7H2,1-4H3;1-2H3. The van der Waals surface area contributed by atoms with Crippen molar-refractivity contribution in [3.63, 3.8) is 0 Å². The summed E-state index contributed by atoms with van der Waals surface area (Å²) in [5, 5.41) is 0. The third-order valence-corrected chi connectivity index (χ3v) is 3.06. The highest BCUT2D eigenvalue weighted by atomic mass is 16.2. The molecule has 0 radical (unpaired) electrons. The van der Waals surface area contributed by atoms with E-state index in [-0.39, 0.29) is 0 Å². The molecule has 1 heterocycles. The number of hydrogen-bond donors (Lipinski definition) is 0. The molecule has 1 fully saturated rings. The predicted molar refractivity (Wildman–Crippen MR) is 65.8 cm³/mol. The molecular formula is C13H27NO. The van der Waals surface area contributed by atoms with Crippen LogP contribution in [0.4, 0.5) is 0 Å². The molecule has 1 aliphatic heterocycles. The Balaban J connectivity index is 0.000000921. The van der Waals surface area contributed by atoms with Crippen LogP contribution in [0.3, 0.4) is 0 Å². The van der Waals surface area contributed by atoms with Crippen molar-refractivity contribution in [2.75, 3.05) is 6.54 Å². The van der Waals surface area contributed by atoms with Gasteiger partial charge in [-0.15, -0.1) is 0 Å². The van der Waals surface area contributed by atoms with E-state index in [9.17, 15) is 4.79 Å². The molecule has 1 atom stereocenters. The molecule has 0 aliphatic carbocycles. The number of rotatable bonds is 2. The Hall–Kier alpha value is -0.530. The number of likely N-dealkylation sites (tertiary alicyclic amines) is 1. The molecule has 0 aromatic carbocycles. The van der Waals surface area contributed by atoms with Crippen LogP contribution in [-0.4, -0.2) is 23.4 Å². The first-order chi connectivity index (χ1) is 7.02. The topological polar surface area (TPSA) is 20.3 Å². The fourth-order valence-corrected chi connectivity index (χ4v) is 1.99. The Morgan fingerprint density at radius 3 is 2.07 bits per heavy atom. The van der Waals surface area contributed by atoms with Crippen LogP contribution in [-0.2, 0) is 4.79 Å². The third kappa shape index (κ3) is 4.23. The second-order valence-corrected chi connectivity index (χ2v) is 4.68. The second kappa shape index (κ2) is 6.86. The van der Waals surface area contributed by atoms with E-state index in [0.717, 1.165) is 13.0 Å². The largest absolute Gasteiger partial charge is 0.340 e. The second-order valence-electron chi connectivity index (χ2n) is 4.68. The highest BCUT2D eigenvalue weighted by Gasteiger charge is 2.28. The normalized spacial score (nSPS) is 21.7. The van der Waals surface area contributed by atoms with Crippen LogP contribution >= 0.6 is 0 Å². The maximum Gasteiger partial charge on any atom is 0.223 e. The molecule has 1 amide bonds. The number of nitrogens with zero attached hydrogens (tertiary/aromatic N) is 1. The van der Waals surface area contributed by atoms with Gasteiger partial charge in [-0.05, 0) is 32.1 Å². The van der Waals surface area contributed by atoms with E-state index in [1.165, 1.54) is 6.42 Å². The molecule has 1 rings (SSSR count). The van der Waals surface area contributed by atoms with Gasteiger partial charge in [-0.3, -0.25) is 4.79 Å². The Labute approximate surface area is 95.0 Å². The molecule has 2 heteroatoms. The van der Waals surface area contributed by atoms with Crippen molar-refractivity contribution in [2.24, 2.45) is 11.8 Å². The van der Waals surface area contributed by atoms with Crippen molar-refractivity contribution >= 4 is 5.91 Å². The first-order valence-corrected chi connectivity index (χ1v) is 6.31. The lowest BCUT2D eigenvalue weighted by Gasteiger charge is -2.36. The van der Waals surface area contributed by atoms with E-state index >= 15 is 0 Å². The molecule has 1 aliphatic rings. The van der Waals surface area contributed by atoms with Crippen molar-refractivity contribution in [1.29, 1.82) is 0 Å². The van der Waals surface area contributed by atoms with E-state index in [1.54, 1.807) is 0 Å². The van der Waals surface area contributed by atoms with Gasteiger partial charge in [-0.25, -0.2) is 0 Å². The average molecular weight is 213 g/mol. The van der Waals surface area contributed by atoms with E-state index in [2.05, 4.69) is 27.7 Å². The highest BCUT2D eigenvalue weighted by Crippen LogP contribution is 2.26. The molecule has 0 aromatic rings. The maximum absolute atomic E-state index is 11.7. The minimum Gasteiger partial charge on any atom is -0.340 e. The molecular weight excluding hydrogens is 186 g/mol. The smallest absolute Gasteiger partial charge is 0.223 e. The van der Waals surface area contributed by atoms with Crippen molar-refractivity contribution in [3.05, 3.63) is 0 Å². The lowest BCUT2D eigenvalue weighted by Crippen LogP contribution is -2.43. The van der Waals surface area contributed by atoms with E-state index in [4.69, 9.17) is 0 Å². The zero-order chi connectivity index (χ0) is 12.0. The number of carbonyl (C=O) groups excluding carboxylic acids is 1. The minimum atomic E-state index is 0.347. The fourth-order valence-electron chi connectivity index (χ4n) is 1.99. The van der Waals surface area contributed by atoms with Gasteiger partial charge >= 0.3 is 0 Å². The summed E-state index contributed by atoms with van der Waals surface area (Å²) in [4.78, 5) is 13.7. The molecule has 1 unspecified atom stereocenters. The highest BCUT2D eigenvalue weighted by molar-refractivity contribution is 5.77. The summed E-state index contributed by atoms with van der Waals surface area (Å²) < 4.78 is 0. The zero-order valence-electron chi connectivity index (χ0n) is 11.2. The molecule has 0 saturated carbocycles. The van der Waals surface area contributed by atoms with Crippen molar-refractivity contribution in [1.82, 2.24) is 4.90 Å². The van der Waals surface area contributed by atoms with Gasteiger partial charge in [-0.1, -0.05) is 27.7 Å². The monoisotopic (exact) mass is 213 g/mol. The maximum atomic E-state index is 11.7. The number of carbonyl (C=O) groups is 1. The van der Waals surface area contributed by atoms with Crippen LogP contribution in [0.25, 0.3) is 0 Å². The van der Waals surface area contributed by atoms with Crippen molar-refractivity contribution in [2.45, 2.75) is 60.4 Å². The molecule has 0 spiro atoms. The van der Waals surface area contributed by atoms with Crippen LogP contribution in [0, 0.1) is 11.8 Å². The van der Waals surface area contributed by atoms with Gasteiger partial charge in [0.1, 0.15) is 0 Å². The Morgan fingerprint density at radius 1 is 1.20 bits per heavy atom. The summed E-state index contributed by atoms with van der Waals surface area (Å²) in [6.07, 6.45) is 1.94. The number of hydrogen-bond acceptors (Lipinski definition) is 1. The van der Waals surface area contributed by atoms with Gasteiger partial charge in [0, 0.05) is 19.0 Å². The molecule has 1 saturated heterocycles. The van der Waals surface area contributed by atoms with Gasteiger partial charge in [0.15, 0.2) is 0 Å². The number of amides is 1. The molecule has 0 aromatic heterocycles. The average Bonchev–Trinajstić information content (AvgIpc) is 2.20. The minimum absolute atomic E-state index is 0.347. The lowest BCUT2D eigenvalue weighted by atomic mass is 9.86. The lowest BCUT2D eigenvalue weighted by molar-refractivity contribution is -0.137. The quantitative estimate of drug-likeness (QED) is 0.689. The Kier molecular flexibility index (Phi) is 6.62. The van der Waals surface area contributed by atoms with Crippen LogP contribution in [0.2, 0.25) is 0 Å². The molecule has 15 heavy (non-hydrogen) atoms. The van der Waals surface area contributed by atoms with Gasteiger partial charge < -0.3 is 4.90 Å². The fraction of sp³-hybridized carbons (Fsp3) is 0.923. The zero-order valence-corrected chi connectivity index (χ0v) is 11.2. The van der Waals surface area contributed by atoms with Gasteiger partial charge in [-0.2, -0.15) is 0 Å². The first kappa shape index (κ1) is 14.5. The summed E-state index contributed by atoms with van der Waals surface area (Å²) in [6, 6.07) is 0.376. The molecule has 0 bridgehead atoms. The summed E-state index contributed by atoms with van der Waals surface area (Å²) in [6.45, 7) is 13.6. The first-order valence-electron chi connectivity index (χ1n) is 6.31. The summed E-state index contributed by atoms with van der Waals surface area (Å²) in [5.41, 5.74) is 0. The van der Waals surface area contributed by atoms with E-state index in [0.29, 0.717) is 23.8 Å². The summed E-state index contributed by atoms with van der Waals surface area (Å²) in [7, 11) is 0.